The molecule has 33 heavy (non-hydrogen) atoms. The highest BCUT2D eigenvalue weighted by atomic mass is 32.2. The quantitative estimate of drug-likeness (QED) is 0.484. The number of nitriles is 1. The molecule has 0 saturated carbocycles. The Labute approximate surface area is 191 Å². The van der Waals surface area contributed by atoms with Crippen molar-refractivity contribution >= 4 is 43.6 Å². The number of rotatable bonds is 4. The predicted molar refractivity (Wildman–Crippen MR) is 125 cm³/mol. The fraction of sp³-hybridized carbons (Fsp3) is 0.200. The fourth-order valence-corrected chi connectivity index (χ4v) is 5.94. The van der Waals surface area contributed by atoms with Gasteiger partial charge in [0.05, 0.1) is 10.5 Å². The van der Waals surface area contributed by atoms with Crippen molar-refractivity contribution in [1.82, 2.24) is 4.31 Å². The highest BCUT2D eigenvalue weighted by Gasteiger charge is 2.33. The van der Waals surface area contributed by atoms with Gasteiger partial charge in [0.15, 0.2) is 0 Å². The summed E-state index contributed by atoms with van der Waals surface area (Å²) in [4.78, 5) is 12.9. The lowest BCUT2D eigenvalue weighted by molar-refractivity contribution is -0.120. The summed E-state index contributed by atoms with van der Waals surface area (Å²) in [5.74, 6) is -0.436. The molecule has 1 aliphatic heterocycles. The normalized spacial score (nSPS) is 15.5. The molecule has 166 valence electrons. The van der Waals surface area contributed by atoms with Crippen molar-refractivity contribution < 1.29 is 17.6 Å². The van der Waals surface area contributed by atoms with Crippen LogP contribution in [0.4, 0.5) is 5.69 Å². The van der Waals surface area contributed by atoms with Crippen LogP contribution in [0.2, 0.25) is 0 Å². The average molecular weight is 460 g/mol. The number of nitrogens with one attached hydrogen (secondary N) is 1. The van der Waals surface area contributed by atoms with Gasteiger partial charge < -0.3 is 9.73 Å². The van der Waals surface area contributed by atoms with Gasteiger partial charge in [0.25, 0.3) is 0 Å². The maximum atomic E-state index is 13.0. The van der Waals surface area contributed by atoms with Crippen LogP contribution in [0.15, 0.2) is 76.0 Å². The van der Waals surface area contributed by atoms with Crippen LogP contribution in [0.3, 0.4) is 0 Å². The van der Waals surface area contributed by atoms with Gasteiger partial charge in [-0.3, -0.25) is 4.79 Å². The third-order valence-corrected chi connectivity index (χ3v) is 8.05. The van der Waals surface area contributed by atoms with Crippen LogP contribution in [0, 0.1) is 17.2 Å². The topological polar surface area (TPSA) is 103 Å². The summed E-state index contributed by atoms with van der Waals surface area (Å²) in [6.45, 7) is 0.450. The molecule has 4 aromatic rings. The average Bonchev–Trinajstić information content (AvgIpc) is 3.22. The fourth-order valence-electron chi connectivity index (χ4n) is 4.33. The number of hydrogen-bond acceptors (Lipinski definition) is 5. The zero-order valence-electron chi connectivity index (χ0n) is 17.7. The maximum Gasteiger partial charge on any atom is 0.244 e. The molecule has 5 rings (SSSR count). The van der Waals surface area contributed by atoms with Crippen LogP contribution in [-0.2, 0) is 14.8 Å². The second kappa shape index (κ2) is 8.35. The monoisotopic (exact) mass is 459 g/mol. The summed E-state index contributed by atoms with van der Waals surface area (Å²) in [5, 5.41) is 14.2. The Balaban J connectivity index is 1.27. The van der Waals surface area contributed by atoms with E-state index < -0.39 is 10.0 Å². The number of nitrogens with zero attached hydrogens (tertiary/aromatic N) is 2. The van der Waals surface area contributed by atoms with Gasteiger partial charge in [-0.15, -0.1) is 0 Å². The Kier molecular flexibility index (Phi) is 5.36. The zero-order chi connectivity index (χ0) is 23.0. The highest BCUT2D eigenvalue weighted by Crippen LogP contribution is 2.31. The Morgan fingerprint density at radius 1 is 0.970 bits per heavy atom. The van der Waals surface area contributed by atoms with Gasteiger partial charge >= 0.3 is 0 Å². The first-order valence-electron chi connectivity index (χ1n) is 10.7. The van der Waals surface area contributed by atoms with Crippen LogP contribution < -0.4 is 5.32 Å². The number of para-hydroxylation sites is 1. The van der Waals surface area contributed by atoms with Crippen LogP contribution in [0.25, 0.3) is 21.9 Å². The molecule has 1 fully saturated rings. The van der Waals surface area contributed by atoms with Crippen molar-refractivity contribution in [3.05, 3.63) is 72.3 Å². The predicted octanol–water partition coefficient (Wildman–Crippen LogP) is 4.50. The molecule has 0 radical (unpaired) electrons. The summed E-state index contributed by atoms with van der Waals surface area (Å²) < 4.78 is 33.2. The number of fused-ring (bicyclic) bond motifs is 3. The Bertz CT molecular complexity index is 1510. The van der Waals surface area contributed by atoms with Gasteiger partial charge in [0.1, 0.15) is 17.2 Å². The SMILES string of the molecule is N#Cc1ccccc1S(=O)(=O)N1CCC(C(=O)Nc2ccc3c(c2)oc2ccccc23)CC1. The van der Waals surface area contributed by atoms with E-state index in [1.54, 1.807) is 12.1 Å². The van der Waals surface area contributed by atoms with Crippen molar-refractivity contribution in [2.45, 2.75) is 17.7 Å². The zero-order valence-corrected chi connectivity index (χ0v) is 18.5. The minimum Gasteiger partial charge on any atom is -0.456 e. The highest BCUT2D eigenvalue weighted by molar-refractivity contribution is 7.89. The van der Waals surface area contributed by atoms with Gasteiger partial charge in [0.2, 0.25) is 15.9 Å². The van der Waals surface area contributed by atoms with Crippen LogP contribution in [0.5, 0.6) is 0 Å². The second-order valence-corrected chi connectivity index (χ2v) is 9.99. The van der Waals surface area contributed by atoms with Gasteiger partial charge in [-0.1, -0.05) is 30.3 Å². The van der Waals surface area contributed by atoms with E-state index in [0.717, 1.165) is 16.4 Å². The van der Waals surface area contributed by atoms with E-state index >= 15 is 0 Å². The third kappa shape index (κ3) is 3.86. The largest absolute Gasteiger partial charge is 0.456 e. The molecular formula is C25H21N3O4S. The van der Waals surface area contributed by atoms with Crippen molar-refractivity contribution in [3.8, 4) is 6.07 Å². The van der Waals surface area contributed by atoms with Gasteiger partial charge in [-0.05, 0) is 43.2 Å². The van der Waals surface area contributed by atoms with Crippen molar-refractivity contribution in [1.29, 1.82) is 5.26 Å². The molecule has 1 aliphatic rings. The molecular weight excluding hydrogens is 438 g/mol. The van der Waals surface area contributed by atoms with Crippen LogP contribution >= 0.6 is 0 Å². The molecule has 8 heteroatoms. The lowest BCUT2D eigenvalue weighted by atomic mass is 9.97. The molecule has 3 aromatic carbocycles. The molecule has 0 atom stereocenters. The molecule has 0 aliphatic carbocycles. The molecule has 2 heterocycles. The van der Waals surface area contributed by atoms with E-state index in [-0.39, 0.29) is 35.4 Å². The number of piperidine rings is 1. The number of furan rings is 1. The summed E-state index contributed by atoms with van der Waals surface area (Å²) in [6.07, 6.45) is 0.819. The second-order valence-electron chi connectivity index (χ2n) is 8.08. The number of anilines is 1. The van der Waals surface area contributed by atoms with Crippen molar-refractivity contribution in [2.75, 3.05) is 18.4 Å². The summed E-state index contributed by atoms with van der Waals surface area (Å²) in [6, 6.07) is 21.5. The van der Waals surface area contributed by atoms with Crippen LogP contribution in [0.1, 0.15) is 18.4 Å². The Morgan fingerprint density at radius 3 is 2.45 bits per heavy atom. The minimum absolute atomic E-state index is 0.00883. The molecule has 1 aromatic heterocycles. The molecule has 0 bridgehead atoms. The summed E-state index contributed by atoms with van der Waals surface area (Å²) in [7, 11) is -3.78. The number of sulfonamides is 1. The lowest BCUT2D eigenvalue weighted by Crippen LogP contribution is -2.41. The van der Waals surface area contributed by atoms with E-state index in [4.69, 9.17) is 4.42 Å². The molecule has 0 spiro atoms. The van der Waals surface area contributed by atoms with E-state index in [1.807, 2.05) is 48.5 Å². The van der Waals surface area contributed by atoms with Crippen molar-refractivity contribution in [2.24, 2.45) is 5.92 Å². The van der Waals surface area contributed by atoms with Crippen molar-refractivity contribution in [3.63, 3.8) is 0 Å². The summed E-state index contributed by atoms with van der Waals surface area (Å²) >= 11 is 0. The van der Waals surface area contributed by atoms with E-state index in [9.17, 15) is 18.5 Å². The standard InChI is InChI=1S/C25H21N3O4S/c26-16-18-5-1-4-8-24(18)33(30,31)28-13-11-17(12-14-28)25(29)27-19-9-10-21-20-6-2-3-7-22(20)32-23(21)15-19/h1-10,15,17H,11-14H2,(H,27,29). The molecule has 1 amide bonds. The number of hydrogen-bond donors (Lipinski definition) is 1. The van der Waals surface area contributed by atoms with E-state index in [1.165, 1.54) is 16.4 Å². The summed E-state index contributed by atoms with van der Waals surface area (Å²) in [5.41, 5.74) is 2.26. The van der Waals surface area contributed by atoms with E-state index in [2.05, 4.69) is 5.32 Å². The first kappa shape index (κ1) is 21.2. The lowest BCUT2D eigenvalue weighted by Gasteiger charge is -2.30. The maximum absolute atomic E-state index is 13.0. The number of carbonyl (C=O) groups excluding carboxylic acids is 1. The molecule has 1 N–H and O–H groups in total. The number of carbonyl (C=O) groups is 1. The Hall–Kier alpha value is -3.67. The smallest absolute Gasteiger partial charge is 0.244 e. The number of benzene rings is 3. The number of amides is 1. The molecule has 7 nitrogen and oxygen atoms in total. The first-order chi connectivity index (χ1) is 16.0. The van der Waals surface area contributed by atoms with Gasteiger partial charge in [-0.2, -0.15) is 9.57 Å². The van der Waals surface area contributed by atoms with Gasteiger partial charge in [-0.25, -0.2) is 8.42 Å². The Morgan fingerprint density at radius 2 is 1.67 bits per heavy atom. The van der Waals surface area contributed by atoms with Gasteiger partial charge in [0, 0.05) is 41.5 Å². The molecule has 1 saturated heterocycles. The first-order valence-corrected chi connectivity index (χ1v) is 12.1. The molecule has 0 unspecified atom stereocenters. The van der Waals surface area contributed by atoms with Crippen LogP contribution in [-0.4, -0.2) is 31.7 Å². The third-order valence-electron chi connectivity index (χ3n) is 6.10. The minimum atomic E-state index is -3.78. The van der Waals surface area contributed by atoms with E-state index in [0.29, 0.717) is 24.1 Å².